The van der Waals surface area contributed by atoms with Crippen LogP contribution in [-0.2, 0) is 9.84 Å². The van der Waals surface area contributed by atoms with Gasteiger partial charge in [0, 0.05) is 11.8 Å². The fraction of sp³-hybridized carbons (Fsp3) is 0.455. The topological polar surface area (TPSA) is 114 Å². The maximum atomic E-state index is 12.2. The van der Waals surface area contributed by atoms with Crippen molar-refractivity contribution in [3.63, 3.8) is 0 Å². The van der Waals surface area contributed by atoms with Crippen LogP contribution in [0.5, 0.6) is 0 Å². The minimum Gasteiger partial charge on any atom is -0.382 e. The molecular formula is C11H17N5O2S2. The molecule has 0 spiro atoms. The molecule has 0 radical (unpaired) electrons. The van der Waals surface area contributed by atoms with Gasteiger partial charge in [0.1, 0.15) is 9.90 Å². The number of aromatic nitrogens is 3. The van der Waals surface area contributed by atoms with E-state index in [2.05, 4.69) is 19.9 Å². The molecule has 1 unspecified atom stereocenters. The van der Waals surface area contributed by atoms with E-state index in [-0.39, 0.29) is 22.5 Å². The van der Waals surface area contributed by atoms with Gasteiger partial charge in [-0.15, -0.1) is 0 Å². The third-order valence-electron chi connectivity index (χ3n) is 2.82. The van der Waals surface area contributed by atoms with E-state index in [4.69, 9.17) is 5.73 Å². The predicted molar refractivity (Wildman–Crippen MR) is 79.5 cm³/mol. The number of nitrogens with one attached hydrogen (secondary N) is 2. The standard InChI is InChI=1S/C11H17N5O2S2/c1-3-4-20(17,18)9-10(12)16-19-11(9)15-7(2)8-5-13-14-6-8/h5-7,15H,3-4H2,1-2H3,(H2,12,16)(H,13,14). The Kier molecular flexibility index (Phi) is 4.29. The number of anilines is 2. The quantitative estimate of drug-likeness (QED) is 0.749. The van der Waals surface area contributed by atoms with Crippen LogP contribution in [0.15, 0.2) is 17.3 Å². The summed E-state index contributed by atoms with van der Waals surface area (Å²) in [7, 11) is -3.41. The van der Waals surface area contributed by atoms with Crippen LogP contribution < -0.4 is 11.1 Å². The van der Waals surface area contributed by atoms with E-state index in [0.29, 0.717) is 11.4 Å². The van der Waals surface area contributed by atoms with Crippen molar-refractivity contribution in [2.75, 3.05) is 16.8 Å². The first kappa shape index (κ1) is 14.8. The van der Waals surface area contributed by atoms with E-state index in [9.17, 15) is 8.42 Å². The molecule has 7 nitrogen and oxygen atoms in total. The molecule has 1 atom stereocenters. The number of hydrogen-bond donors (Lipinski definition) is 3. The minimum absolute atomic E-state index is 0.0599. The molecule has 0 fully saturated rings. The summed E-state index contributed by atoms with van der Waals surface area (Å²) in [6, 6.07) is -0.0934. The molecular weight excluding hydrogens is 298 g/mol. The Morgan fingerprint density at radius 2 is 2.30 bits per heavy atom. The van der Waals surface area contributed by atoms with Gasteiger partial charge in [0.15, 0.2) is 15.7 Å². The van der Waals surface area contributed by atoms with Gasteiger partial charge in [-0.1, -0.05) is 6.92 Å². The molecule has 2 heterocycles. The molecule has 20 heavy (non-hydrogen) atoms. The van der Waals surface area contributed by atoms with Crippen molar-refractivity contribution in [3.05, 3.63) is 18.0 Å². The summed E-state index contributed by atoms with van der Waals surface area (Å²) in [5.74, 6) is 0.120. The lowest BCUT2D eigenvalue weighted by atomic mass is 10.2. The molecule has 0 amide bonds. The first-order valence-corrected chi connectivity index (χ1v) is 8.61. The van der Waals surface area contributed by atoms with Crippen molar-refractivity contribution in [3.8, 4) is 0 Å². The lowest BCUT2D eigenvalue weighted by Crippen LogP contribution is -2.12. The summed E-state index contributed by atoms with van der Waals surface area (Å²) in [5.41, 5.74) is 6.64. The number of nitrogen functional groups attached to an aromatic ring is 1. The fourth-order valence-electron chi connectivity index (χ4n) is 1.83. The van der Waals surface area contributed by atoms with Crippen LogP contribution in [0.25, 0.3) is 0 Å². The summed E-state index contributed by atoms with van der Waals surface area (Å²) in [6.45, 7) is 3.73. The highest BCUT2D eigenvalue weighted by Gasteiger charge is 2.25. The van der Waals surface area contributed by atoms with E-state index in [0.717, 1.165) is 17.1 Å². The Hall–Kier alpha value is -1.61. The Morgan fingerprint density at radius 3 is 2.90 bits per heavy atom. The number of sulfone groups is 1. The van der Waals surface area contributed by atoms with Gasteiger partial charge < -0.3 is 11.1 Å². The second kappa shape index (κ2) is 5.80. The highest BCUT2D eigenvalue weighted by Crippen LogP contribution is 2.34. The molecule has 2 rings (SSSR count). The van der Waals surface area contributed by atoms with Crippen LogP contribution in [0.1, 0.15) is 31.9 Å². The van der Waals surface area contributed by atoms with Crippen LogP contribution in [-0.4, -0.2) is 28.7 Å². The van der Waals surface area contributed by atoms with Gasteiger partial charge in [-0.2, -0.15) is 9.47 Å². The zero-order valence-electron chi connectivity index (χ0n) is 11.3. The average Bonchev–Trinajstić information content (AvgIpc) is 2.99. The molecule has 0 aliphatic heterocycles. The summed E-state index contributed by atoms with van der Waals surface area (Å²) in [4.78, 5) is 0.111. The average molecular weight is 315 g/mol. The Morgan fingerprint density at radius 1 is 1.55 bits per heavy atom. The second-order valence-corrected chi connectivity index (χ2v) is 7.26. The molecule has 0 saturated heterocycles. The van der Waals surface area contributed by atoms with Gasteiger partial charge >= 0.3 is 0 Å². The van der Waals surface area contributed by atoms with Crippen LogP contribution in [0.3, 0.4) is 0 Å². The van der Waals surface area contributed by atoms with Crippen LogP contribution in [0.4, 0.5) is 10.8 Å². The highest BCUT2D eigenvalue weighted by molar-refractivity contribution is 7.91. The molecule has 2 aromatic heterocycles. The molecule has 0 bridgehead atoms. The lowest BCUT2D eigenvalue weighted by Gasteiger charge is -2.13. The maximum absolute atomic E-state index is 12.2. The lowest BCUT2D eigenvalue weighted by molar-refractivity contribution is 0.595. The number of nitrogens with two attached hydrogens (primary N) is 1. The van der Waals surface area contributed by atoms with Crippen molar-refractivity contribution >= 4 is 32.2 Å². The van der Waals surface area contributed by atoms with Crippen molar-refractivity contribution in [1.29, 1.82) is 0 Å². The Labute approximate surface area is 121 Å². The van der Waals surface area contributed by atoms with E-state index in [1.807, 2.05) is 13.8 Å². The van der Waals surface area contributed by atoms with Gasteiger partial charge in [0.05, 0.1) is 18.0 Å². The first-order valence-electron chi connectivity index (χ1n) is 6.18. The van der Waals surface area contributed by atoms with Gasteiger partial charge in [-0.3, -0.25) is 5.10 Å². The third kappa shape index (κ3) is 2.93. The van der Waals surface area contributed by atoms with E-state index >= 15 is 0 Å². The summed E-state index contributed by atoms with van der Waals surface area (Å²) >= 11 is 1.06. The SMILES string of the molecule is CCCS(=O)(=O)c1c(N)nsc1NC(C)c1cn[nH]c1. The Bertz CT molecular complexity index is 663. The second-order valence-electron chi connectivity index (χ2n) is 4.44. The molecule has 2 aromatic rings. The van der Waals surface area contributed by atoms with Crippen molar-refractivity contribution in [1.82, 2.24) is 14.6 Å². The van der Waals surface area contributed by atoms with E-state index in [1.165, 1.54) is 0 Å². The molecule has 9 heteroatoms. The van der Waals surface area contributed by atoms with Crippen LogP contribution >= 0.6 is 11.5 Å². The van der Waals surface area contributed by atoms with Crippen molar-refractivity contribution in [2.45, 2.75) is 31.2 Å². The van der Waals surface area contributed by atoms with Gasteiger partial charge in [-0.25, -0.2) is 8.42 Å². The number of hydrogen-bond acceptors (Lipinski definition) is 7. The van der Waals surface area contributed by atoms with Gasteiger partial charge in [0.2, 0.25) is 0 Å². The predicted octanol–water partition coefficient (Wildman–Crippen LogP) is 1.81. The third-order valence-corrected chi connectivity index (χ3v) is 5.73. The van der Waals surface area contributed by atoms with E-state index < -0.39 is 9.84 Å². The smallest absolute Gasteiger partial charge is 0.185 e. The number of rotatable bonds is 6. The normalized spacial score (nSPS) is 13.3. The number of aromatic amines is 1. The summed E-state index contributed by atoms with van der Waals surface area (Å²) in [6.07, 6.45) is 3.97. The number of H-pyrrole nitrogens is 1. The van der Waals surface area contributed by atoms with E-state index in [1.54, 1.807) is 12.4 Å². The molecule has 0 saturated carbocycles. The Balaban J connectivity index is 2.30. The zero-order valence-corrected chi connectivity index (χ0v) is 12.9. The van der Waals surface area contributed by atoms with Gasteiger partial charge in [-0.05, 0) is 24.9 Å². The molecule has 0 aromatic carbocycles. The van der Waals surface area contributed by atoms with Crippen LogP contribution in [0, 0.1) is 0 Å². The maximum Gasteiger partial charge on any atom is 0.185 e. The summed E-state index contributed by atoms with van der Waals surface area (Å²) < 4.78 is 28.4. The minimum atomic E-state index is -3.41. The van der Waals surface area contributed by atoms with Crippen molar-refractivity contribution < 1.29 is 8.42 Å². The van der Waals surface area contributed by atoms with Crippen molar-refractivity contribution in [2.24, 2.45) is 0 Å². The fourth-order valence-corrected chi connectivity index (χ4v) is 4.53. The first-order chi connectivity index (χ1) is 9.45. The van der Waals surface area contributed by atoms with Gasteiger partial charge in [0.25, 0.3) is 0 Å². The molecule has 110 valence electrons. The zero-order chi connectivity index (χ0) is 14.8. The largest absolute Gasteiger partial charge is 0.382 e. The molecule has 4 N–H and O–H groups in total. The number of nitrogens with zero attached hydrogens (tertiary/aromatic N) is 2. The van der Waals surface area contributed by atoms with Crippen LogP contribution in [0.2, 0.25) is 0 Å². The summed E-state index contributed by atoms with van der Waals surface area (Å²) in [5, 5.41) is 10.2. The highest BCUT2D eigenvalue weighted by atomic mass is 32.2. The monoisotopic (exact) mass is 315 g/mol. The molecule has 0 aliphatic rings. The molecule has 0 aliphatic carbocycles.